The van der Waals surface area contributed by atoms with Gasteiger partial charge in [0.2, 0.25) is 12.7 Å². The Labute approximate surface area is 113 Å². The number of amides is 1. The maximum atomic E-state index is 12.1. The predicted molar refractivity (Wildman–Crippen MR) is 73.6 cm³/mol. The number of ether oxygens (including phenoxy) is 2. The zero-order valence-electron chi connectivity index (χ0n) is 11.6. The van der Waals surface area contributed by atoms with Gasteiger partial charge in [0.1, 0.15) is 0 Å². The normalized spacial score (nSPS) is 14.3. The Morgan fingerprint density at radius 1 is 1.42 bits per heavy atom. The average Bonchev–Trinajstić information content (AvgIpc) is 2.80. The second-order valence-corrected chi connectivity index (χ2v) is 4.96. The number of aryl methyl sites for hydroxylation is 1. The van der Waals surface area contributed by atoms with Crippen LogP contribution in [0.15, 0.2) is 12.1 Å². The molecule has 0 aromatic heterocycles. The lowest BCUT2D eigenvalue weighted by molar-refractivity contribution is -0.118. The van der Waals surface area contributed by atoms with Crippen molar-refractivity contribution in [1.82, 2.24) is 0 Å². The van der Waals surface area contributed by atoms with Gasteiger partial charge in [-0.2, -0.15) is 0 Å². The highest BCUT2D eigenvalue weighted by Gasteiger charge is 2.20. The summed E-state index contributed by atoms with van der Waals surface area (Å²) in [7, 11) is 1.77. The predicted octanol–water partition coefficient (Wildman–Crippen LogP) is 1.81. The van der Waals surface area contributed by atoms with E-state index in [0.717, 1.165) is 17.0 Å². The monoisotopic (exact) mass is 264 g/mol. The summed E-state index contributed by atoms with van der Waals surface area (Å²) < 4.78 is 10.7. The van der Waals surface area contributed by atoms with Crippen molar-refractivity contribution in [2.24, 2.45) is 5.73 Å². The molecule has 1 aliphatic heterocycles. The molecule has 0 bridgehead atoms. The molecule has 1 heterocycles. The first kappa shape index (κ1) is 13.7. The molecular weight excluding hydrogens is 244 g/mol. The fraction of sp³-hybridized carbons (Fsp3) is 0.500. The Balaban J connectivity index is 2.15. The van der Waals surface area contributed by atoms with Gasteiger partial charge in [0.15, 0.2) is 11.5 Å². The molecule has 0 saturated carbocycles. The van der Waals surface area contributed by atoms with E-state index in [1.807, 2.05) is 26.0 Å². The standard InChI is InChI=1S/C14H20N2O3/c1-9-6-12-13(19-8-18-12)7-11(9)16(3)14(17)5-4-10(2)15/h6-7,10H,4-5,8,15H2,1-3H3. The van der Waals surface area contributed by atoms with Crippen molar-refractivity contribution in [2.45, 2.75) is 32.7 Å². The molecule has 2 N–H and O–H groups in total. The smallest absolute Gasteiger partial charge is 0.231 e. The summed E-state index contributed by atoms with van der Waals surface area (Å²) in [6, 6.07) is 3.78. The lowest BCUT2D eigenvalue weighted by Crippen LogP contribution is -2.28. The molecule has 5 nitrogen and oxygen atoms in total. The van der Waals surface area contributed by atoms with Gasteiger partial charge in [-0.25, -0.2) is 0 Å². The molecule has 1 aliphatic rings. The van der Waals surface area contributed by atoms with Gasteiger partial charge in [0, 0.05) is 25.6 Å². The van der Waals surface area contributed by atoms with Crippen LogP contribution in [-0.2, 0) is 4.79 Å². The molecule has 2 rings (SSSR count). The van der Waals surface area contributed by atoms with Crippen molar-refractivity contribution in [2.75, 3.05) is 18.7 Å². The molecule has 0 radical (unpaired) electrons. The lowest BCUT2D eigenvalue weighted by Gasteiger charge is -2.20. The number of rotatable bonds is 4. The van der Waals surface area contributed by atoms with E-state index in [1.54, 1.807) is 11.9 Å². The molecule has 0 fully saturated rings. The first-order chi connectivity index (χ1) is 8.99. The number of carbonyl (C=O) groups excluding carboxylic acids is 1. The van der Waals surface area contributed by atoms with Gasteiger partial charge < -0.3 is 20.1 Å². The Morgan fingerprint density at radius 3 is 2.68 bits per heavy atom. The molecule has 5 heteroatoms. The minimum atomic E-state index is 0.0372. The third kappa shape index (κ3) is 2.98. The van der Waals surface area contributed by atoms with Crippen molar-refractivity contribution >= 4 is 11.6 Å². The van der Waals surface area contributed by atoms with Crippen molar-refractivity contribution in [3.8, 4) is 11.5 Å². The maximum absolute atomic E-state index is 12.1. The van der Waals surface area contributed by atoms with E-state index in [-0.39, 0.29) is 18.7 Å². The van der Waals surface area contributed by atoms with Crippen LogP contribution in [0, 0.1) is 6.92 Å². The van der Waals surface area contributed by atoms with Gasteiger partial charge in [0.05, 0.1) is 5.69 Å². The molecule has 1 unspecified atom stereocenters. The summed E-state index contributed by atoms with van der Waals surface area (Å²) in [5.74, 6) is 1.48. The van der Waals surface area contributed by atoms with E-state index in [9.17, 15) is 4.79 Å². The Morgan fingerprint density at radius 2 is 2.05 bits per heavy atom. The maximum Gasteiger partial charge on any atom is 0.231 e. The Hall–Kier alpha value is -1.75. The summed E-state index contributed by atoms with van der Waals surface area (Å²) in [6.07, 6.45) is 1.13. The van der Waals surface area contributed by atoms with Crippen LogP contribution in [0.5, 0.6) is 11.5 Å². The van der Waals surface area contributed by atoms with Gasteiger partial charge in [-0.3, -0.25) is 4.79 Å². The lowest BCUT2D eigenvalue weighted by atomic mass is 10.1. The van der Waals surface area contributed by atoms with Gasteiger partial charge in [-0.1, -0.05) is 0 Å². The molecule has 1 aromatic rings. The van der Waals surface area contributed by atoms with Gasteiger partial charge >= 0.3 is 0 Å². The molecule has 104 valence electrons. The largest absolute Gasteiger partial charge is 0.454 e. The van der Waals surface area contributed by atoms with E-state index in [0.29, 0.717) is 18.6 Å². The van der Waals surface area contributed by atoms with E-state index in [1.165, 1.54) is 0 Å². The fourth-order valence-electron chi connectivity index (χ4n) is 2.05. The van der Waals surface area contributed by atoms with Crippen LogP contribution in [0.1, 0.15) is 25.3 Å². The third-order valence-corrected chi connectivity index (χ3v) is 3.24. The number of benzene rings is 1. The third-order valence-electron chi connectivity index (χ3n) is 3.24. The topological polar surface area (TPSA) is 64.8 Å². The SMILES string of the molecule is Cc1cc2c(cc1N(C)C(=O)CCC(C)N)OCO2. The van der Waals surface area contributed by atoms with E-state index < -0.39 is 0 Å². The van der Waals surface area contributed by atoms with Crippen LogP contribution in [0.25, 0.3) is 0 Å². The fourth-order valence-corrected chi connectivity index (χ4v) is 2.05. The highest BCUT2D eigenvalue weighted by Crippen LogP contribution is 2.37. The summed E-state index contributed by atoms with van der Waals surface area (Å²) >= 11 is 0. The van der Waals surface area contributed by atoms with E-state index in [2.05, 4.69) is 0 Å². The minimum absolute atomic E-state index is 0.0372. The van der Waals surface area contributed by atoms with Crippen molar-refractivity contribution in [3.05, 3.63) is 17.7 Å². The molecule has 1 aromatic carbocycles. The molecule has 0 saturated heterocycles. The number of hydrogen-bond acceptors (Lipinski definition) is 4. The number of anilines is 1. The van der Waals surface area contributed by atoms with E-state index >= 15 is 0 Å². The highest BCUT2D eigenvalue weighted by molar-refractivity contribution is 5.94. The van der Waals surface area contributed by atoms with Gasteiger partial charge in [-0.15, -0.1) is 0 Å². The molecule has 0 spiro atoms. The minimum Gasteiger partial charge on any atom is -0.454 e. The summed E-state index contributed by atoms with van der Waals surface area (Å²) in [5, 5.41) is 0. The number of nitrogens with zero attached hydrogens (tertiary/aromatic N) is 1. The van der Waals surface area contributed by atoms with Crippen LogP contribution in [-0.4, -0.2) is 25.8 Å². The van der Waals surface area contributed by atoms with Crippen LogP contribution in [0.2, 0.25) is 0 Å². The van der Waals surface area contributed by atoms with Crippen LogP contribution in [0.4, 0.5) is 5.69 Å². The molecular formula is C14H20N2O3. The van der Waals surface area contributed by atoms with Crippen LogP contribution < -0.4 is 20.1 Å². The molecule has 1 amide bonds. The molecule has 1 atom stereocenters. The Bertz CT molecular complexity index is 486. The number of nitrogens with two attached hydrogens (primary N) is 1. The van der Waals surface area contributed by atoms with Gasteiger partial charge in [0.25, 0.3) is 0 Å². The summed E-state index contributed by atoms with van der Waals surface area (Å²) in [6.45, 7) is 4.09. The number of hydrogen-bond donors (Lipinski definition) is 1. The highest BCUT2D eigenvalue weighted by atomic mass is 16.7. The zero-order chi connectivity index (χ0) is 14.0. The molecule has 19 heavy (non-hydrogen) atoms. The van der Waals surface area contributed by atoms with Crippen LogP contribution >= 0.6 is 0 Å². The van der Waals surface area contributed by atoms with Crippen molar-refractivity contribution in [1.29, 1.82) is 0 Å². The zero-order valence-corrected chi connectivity index (χ0v) is 11.6. The second kappa shape index (κ2) is 5.48. The van der Waals surface area contributed by atoms with Crippen molar-refractivity contribution in [3.63, 3.8) is 0 Å². The Kier molecular flexibility index (Phi) is 3.95. The van der Waals surface area contributed by atoms with Crippen LogP contribution in [0.3, 0.4) is 0 Å². The van der Waals surface area contributed by atoms with Gasteiger partial charge in [-0.05, 0) is 31.9 Å². The van der Waals surface area contributed by atoms with Crippen molar-refractivity contribution < 1.29 is 14.3 Å². The number of fused-ring (bicyclic) bond motifs is 1. The first-order valence-corrected chi connectivity index (χ1v) is 6.41. The second-order valence-electron chi connectivity index (χ2n) is 4.96. The summed E-state index contributed by atoms with van der Waals surface area (Å²) in [5.41, 5.74) is 7.51. The first-order valence-electron chi connectivity index (χ1n) is 6.41. The molecule has 0 aliphatic carbocycles. The quantitative estimate of drug-likeness (QED) is 0.900. The summed E-state index contributed by atoms with van der Waals surface area (Å²) in [4.78, 5) is 13.8. The average molecular weight is 264 g/mol. The van der Waals surface area contributed by atoms with E-state index in [4.69, 9.17) is 15.2 Å². The number of carbonyl (C=O) groups is 1.